The summed E-state index contributed by atoms with van der Waals surface area (Å²) >= 11 is 0. The molecule has 6 rings (SSSR count). The zero-order chi connectivity index (χ0) is 31.7. The Morgan fingerprint density at radius 1 is 1.04 bits per heavy atom. The van der Waals surface area contributed by atoms with Gasteiger partial charge in [-0.05, 0) is 112 Å². The van der Waals surface area contributed by atoms with E-state index < -0.39 is 0 Å². The molecule has 3 unspecified atom stereocenters. The first kappa shape index (κ1) is 31.5. The number of amides is 1. The molecule has 0 spiro atoms. The van der Waals surface area contributed by atoms with Gasteiger partial charge in [-0.1, -0.05) is 18.2 Å². The van der Waals surface area contributed by atoms with Crippen molar-refractivity contribution >= 4 is 11.6 Å². The van der Waals surface area contributed by atoms with Gasteiger partial charge in [0.15, 0.2) is 0 Å². The molecule has 3 aliphatic rings. The van der Waals surface area contributed by atoms with Crippen molar-refractivity contribution in [3.8, 4) is 11.1 Å². The number of pyridine rings is 1. The molecule has 1 aliphatic carbocycles. The van der Waals surface area contributed by atoms with Crippen molar-refractivity contribution in [3.63, 3.8) is 0 Å². The van der Waals surface area contributed by atoms with Crippen LogP contribution in [0.15, 0.2) is 41.2 Å². The molecule has 3 heterocycles. The van der Waals surface area contributed by atoms with Crippen molar-refractivity contribution < 1.29 is 14.3 Å². The monoisotopic (exact) mass is 612 g/mol. The fourth-order valence-corrected chi connectivity index (χ4v) is 7.69. The molecule has 1 aromatic heterocycles. The van der Waals surface area contributed by atoms with Crippen LogP contribution < -0.4 is 15.8 Å². The summed E-state index contributed by atoms with van der Waals surface area (Å²) in [7, 11) is 0. The lowest BCUT2D eigenvalue weighted by Gasteiger charge is -2.39. The van der Waals surface area contributed by atoms with Gasteiger partial charge >= 0.3 is 0 Å². The standard InChI is InChI=1S/C37H48N4O4/c1-6-41(30-11-14-45-25(4)18-30)35-21-29(27-7-9-31-28(19-27)8-10-34(31)40-12-15-44-16-13-40)20-32(26(35)5)36(42)38-22-33-23(2)17-24(3)39-37(33)43/h7,9,17,19-21,25,30,34H,6,8,10-16,18,22H2,1-5H3,(H,38,42)(H,39,43). The number of aromatic amines is 1. The highest BCUT2D eigenvalue weighted by atomic mass is 16.5. The van der Waals surface area contributed by atoms with Crippen LogP contribution in [0.25, 0.3) is 11.1 Å². The van der Waals surface area contributed by atoms with Gasteiger partial charge in [-0.2, -0.15) is 0 Å². The van der Waals surface area contributed by atoms with Gasteiger partial charge in [0.05, 0.1) is 19.3 Å². The van der Waals surface area contributed by atoms with E-state index in [1.54, 1.807) is 0 Å². The third-order valence-corrected chi connectivity index (χ3v) is 10.1. The van der Waals surface area contributed by atoms with Gasteiger partial charge in [0.1, 0.15) is 0 Å². The van der Waals surface area contributed by atoms with E-state index in [0.29, 0.717) is 23.2 Å². The van der Waals surface area contributed by atoms with Gasteiger partial charge in [0, 0.05) is 67.4 Å². The minimum absolute atomic E-state index is 0.154. The third kappa shape index (κ3) is 6.60. The van der Waals surface area contributed by atoms with Crippen molar-refractivity contribution in [3.05, 3.63) is 85.8 Å². The van der Waals surface area contributed by atoms with Crippen LogP contribution in [-0.4, -0.2) is 67.4 Å². The summed E-state index contributed by atoms with van der Waals surface area (Å²) in [6.07, 6.45) is 4.31. The average Bonchev–Trinajstić information content (AvgIpc) is 3.45. The summed E-state index contributed by atoms with van der Waals surface area (Å²) in [6.45, 7) is 15.5. The van der Waals surface area contributed by atoms with Crippen molar-refractivity contribution in [2.24, 2.45) is 0 Å². The second-order valence-electron chi connectivity index (χ2n) is 13.1. The molecule has 2 aromatic carbocycles. The van der Waals surface area contributed by atoms with E-state index in [2.05, 4.69) is 65.1 Å². The number of aryl methyl sites for hydroxylation is 3. The minimum Gasteiger partial charge on any atom is -0.379 e. The zero-order valence-electron chi connectivity index (χ0n) is 27.5. The molecule has 0 saturated carbocycles. The molecule has 2 saturated heterocycles. The van der Waals surface area contributed by atoms with Crippen LogP contribution in [0.5, 0.6) is 0 Å². The molecule has 3 atom stereocenters. The van der Waals surface area contributed by atoms with Gasteiger partial charge in [0.2, 0.25) is 0 Å². The summed E-state index contributed by atoms with van der Waals surface area (Å²) in [6, 6.07) is 13.9. The highest BCUT2D eigenvalue weighted by molar-refractivity contribution is 5.99. The summed E-state index contributed by atoms with van der Waals surface area (Å²) in [5.74, 6) is -0.167. The van der Waals surface area contributed by atoms with Crippen molar-refractivity contribution in [1.29, 1.82) is 0 Å². The lowest BCUT2D eigenvalue weighted by molar-refractivity contribution is 0.0164. The molecule has 240 valence electrons. The number of ether oxygens (including phenoxy) is 2. The molecule has 45 heavy (non-hydrogen) atoms. The van der Waals surface area contributed by atoms with Gasteiger partial charge in [-0.15, -0.1) is 0 Å². The Kier molecular flexibility index (Phi) is 9.45. The molecular formula is C37H48N4O4. The van der Waals surface area contributed by atoms with Crippen LogP contribution in [0, 0.1) is 20.8 Å². The first-order chi connectivity index (χ1) is 21.7. The van der Waals surface area contributed by atoms with E-state index in [1.807, 2.05) is 26.0 Å². The van der Waals surface area contributed by atoms with E-state index in [4.69, 9.17) is 9.47 Å². The number of anilines is 1. The Balaban J connectivity index is 1.36. The summed E-state index contributed by atoms with van der Waals surface area (Å²) in [5.41, 5.74) is 9.82. The quantitative estimate of drug-likeness (QED) is 0.344. The summed E-state index contributed by atoms with van der Waals surface area (Å²) in [5, 5.41) is 3.08. The predicted octanol–water partition coefficient (Wildman–Crippen LogP) is 5.61. The molecule has 2 N–H and O–H groups in total. The zero-order valence-corrected chi connectivity index (χ0v) is 27.5. The first-order valence-corrected chi connectivity index (χ1v) is 16.7. The number of morpholine rings is 1. The van der Waals surface area contributed by atoms with Gasteiger partial charge in [-0.25, -0.2) is 0 Å². The van der Waals surface area contributed by atoms with Crippen LogP contribution in [0.2, 0.25) is 0 Å². The van der Waals surface area contributed by atoms with Crippen LogP contribution in [0.1, 0.15) is 83.0 Å². The van der Waals surface area contributed by atoms with Crippen molar-refractivity contribution in [2.45, 2.75) is 85.0 Å². The van der Waals surface area contributed by atoms with E-state index in [9.17, 15) is 9.59 Å². The minimum atomic E-state index is -0.167. The smallest absolute Gasteiger partial charge is 0.253 e. The van der Waals surface area contributed by atoms with Gasteiger partial charge < -0.3 is 24.7 Å². The number of hydrogen-bond acceptors (Lipinski definition) is 6. The van der Waals surface area contributed by atoms with Crippen LogP contribution in [0.4, 0.5) is 5.69 Å². The van der Waals surface area contributed by atoms with E-state index in [1.165, 1.54) is 11.1 Å². The van der Waals surface area contributed by atoms with Crippen LogP contribution >= 0.6 is 0 Å². The maximum Gasteiger partial charge on any atom is 0.253 e. The molecule has 0 radical (unpaired) electrons. The molecule has 3 aromatic rings. The van der Waals surface area contributed by atoms with Crippen LogP contribution in [0.3, 0.4) is 0 Å². The van der Waals surface area contributed by atoms with Crippen molar-refractivity contribution in [2.75, 3.05) is 44.4 Å². The number of aromatic nitrogens is 1. The number of benzene rings is 2. The number of nitrogens with zero attached hydrogens (tertiary/aromatic N) is 2. The fraction of sp³-hybridized carbons (Fsp3) is 0.514. The first-order valence-electron chi connectivity index (χ1n) is 16.7. The van der Waals surface area contributed by atoms with Crippen LogP contribution in [-0.2, 0) is 22.4 Å². The SMILES string of the molecule is CCN(c1cc(-c2ccc3c(c2)CCC3N2CCOCC2)cc(C(=O)NCc2c(C)cc(C)[nH]c2=O)c1C)C1CCOC(C)C1. The Morgan fingerprint density at radius 3 is 2.58 bits per heavy atom. The summed E-state index contributed by atoms with van der Waals surface area (Å²) in [4.78, 5) is 34.5. The number of carbonyl (C=O) groups is 1. The summed E-state index contributed by atoms with van der Waals surface area (Å²) < 4.78 is 11.5. The normalized spacial score (nSPS) is 21.8. The predicted molar refractivity (Wildman–Crippen MR) is 179 cm³/mol. The average molecular weight is 613 g/mol. The maximum atomic E-state index is 13.9. The molecule has 2 fully saturated rings. The molecule has 0 bridgehead atoms. The number of carbonyl (C=O) groups excluding carboxylic acids is 1. The lowest BCUT2D eigenvalue weighted by Crippen LogP contribution is -2.42. The van der Waals surface area contributed by atoms with E-state index in [0.717, 1.165) is 98.8 Å². The van der Waals surface area contributed by atoms with Gasteiger partial charge in [-0.3, -0.25) is 14.5 Å². The number of rotatable bonds is 8. The van der Waals surface area contributed by atoms with Gasteiger partial charge in [0.25, 0.3) is 11.5 Å². The highest BCUT2D eigenvalue weighted by Crippen LogP contribution is 2.40. The Bertz CT molecular complexity index is 1610. The number of fused-ring (bicyclic) bond motifs is 1. The van der Waals surface area contributed by atoms with Crippen molar-refractivity contribution in [1.82, 2.24) is 15.2 Å². The Morgan fingerprint density at radius 2 is 1.84 bits per heavy atom. The van der Waals surface area contributed by atoms with E-state index >= 15 is 0 Å². The molecule has 8 nitrogen and oxygen atoms in total. The molecular weight excluding hydrogens is 564 g/mol. The highest BCUT2D eigenvalue weighted by Gasteiger charge is 2.30. The largest absolute Gasteiger partial charge is 0.379 e. The number of hydrogen-bond donors (Lipinski definition) is 2. The second-order valence-corrected chi connectivity index (χ2v) is 13.1. The third-order valence-electron chi connectivity index (χ3n) is 10.1. The number of H-pyrrole nitrogens is 1. The lowest BCUT2D eigenvalue weighted by atomic mass is 9.93. The Labute approximate surface area is 267 Å². The van der Waals surface area contributed by atoms with E-state index in [-0.39, 0.29) is 24.1 Å². The molecule has 2 aliphatic heterocycles. The maximum absolute atomic E-state index is 13.9. The molecule has 1 amide bonds. The fourth-order valence-electron chi connectivity index (χ4n) is 7.69. The topological polar surface area (TPSA) is 86.9 Å². The number of nitrogens with one attached hydrogen (secondary N) is 2. The second kappa shape index (κ2) is 13.5. The molecule has 8 heteroatoms. The Hall–Kier alpha value is -3.46.